The number of imide groups is 2. The second-order valence-electron chi connectivity index (χ2n) is 10.3. The molecule has 4 atom stereocenters. The quantitative estimate of drug-likeness (QED) is 0.474. The Labute approximate surface area is 208 Å². The van der Waals surface area contributed by atoms with E-state index in [4.69, 9.17) is 16.3 Å². The van der Waals surface area contributed by atoms with Crippen molar-refractivity contribution in [3.05, 3.63) is 59.1 Å². The molecule has 0 saturated carbocycles. The van der Waals surface area contributed by atoms with E-state index in [1.54, 1.807) is 77.3 Å². The van der Waals surface area contributed by atoms with Crippen LogP contribution in [-0.4, -0.2) is 51.7 Å². The van der Waals surface area contributed by atoms with Crippen molar-refractivity contribution in [2.24, 2.45) is 11.8 Å². The predicted molar refractivity (Wildman–Crippen MR) is 129 cm³/mol. The van der Waals surface area contributed by atoms with E-state index in [1.807, 2.05) is 0 Å². The monoisotopic (exact) mass is 495 g/mol. The number of ether oxygens (including phenoxy) is 1. The average molecular weight is 496 g/mol. The summed E-state index contributed by atoms with van der Waals surface area (Å²) in [5.41, 5.74) is -1.35. The van der Waals surface area contributed by atoms with Crippen molar-refractivity contribution in [1.82, 2.24) is 9.80 Å². The van der Waals surface area contributed by atoms with Crippen molar-refractivity contribution in [3.8, 4) is 5.75 Å². The zero-order valence-electron chi connectivity index (χ0n) is 20.1. The van der Waals surface area contributed by atoms with E-state index in [2.05, 4.69) is 0 Å². The number of methoxy groups -OCH3 is 1. The highest BCUT2D eigenvalue weighted by Crippen LogP contribution is 2.59. The number of rotatable bonds is 3. The van der Waals surface area contributed by atoms with Crippen LogP contribution in [-0.2, 0) is 14.4 Å². The Morgan fingerprint density at radius 2 is 1.63 bits per heavy atom. The molecule has 5 rings (SSSR count). The van der Waals surface area contributed by atoms with E-state index in [0.29, 0.717) is 22.0 Å². The molecule has 0 N–H and O–H groups in total. The highest BCUT2D eigenvalue weighted by Gasteiger charge is 2.76. The maximum absolute atomic E-state index is 14.0. The first-order valence-corrected chi connectivity index (χ1v) is 11.8. The van der Waals surface area contributed by atoms with E-state index in [9.17, 15) is 19.2 Å². The molecule has 0 spiro atoms. The minimum Gasteiger partial charge on any atom is -0.497 e. The van der Waals surface area contributed by atoms with Crippen molar-refractivity contribution >= 4 is 41.0 Å². The van der Waals surface area contributed by atoms with Crippen LogP contribution in [0.1, 0.15) is 39.3 Å². The lowest BCUT2D eigenvalue weighted by Crippen LogP contribution is -2.54. The highest BCUT2D eigenvalue weighted by atomic mass is 35.5. The van der Waals surface area contributed by atoms with Crippen LogP contribution in [0.3, 0.4) is 0 Å². The van der Waals surface area contributed by atoms with Crippen molar-refractivity contribution in [2.75, 3.05) is 12.0 Å². The summed E-state index contributed by atoms with van der Waals surface area (Å²) in [6.45, 7) is 6.95. The van der Waals surface area contributed by atoms with E-state index >= 15 is 0 Å². The summed E-state index contributed by atoms with van der Waals surface area (Å²) < 4.78 is 5.26. The molecule has 35 heavy (non-hydrogen) atoms. The van der Waals surface area contributed by atoms with Crippen molar-refractivity contribution in [1.29, 1.82) is 0 Å². The largest absolute Gasteiger partial charge is 0.497 e. The fourth-order valence-corrected chi connectivity index (χ4v) is 6.02. The number of amides is 5. The summed E-state index contributed by atoms with van der Waals surface area (Å²) in [4.78, 5) is 59.1. The third-order valence-corrected chi connectivity index (χ3v) is 7.54. The van der Waals surface area contributed by atoms with Crippen LogP contribution < -0.4 is 9.64 Å². The van der Waals surface area contributed by atoms with Gasteiger partial charge in [-0.1, -0.05) is 29.8 Å². The van der Waals surface area contributed by atoms with Crippen molar-refractivity contribution in [2.45, 2.75) is 44.8 Å². The Balaban J connectivity index is 1.71. The number of halogens is 1. The zero-order valence-corrected chi connectivity index (χ0v) is 20.9. The lowest BCUT2D eigenvalue weighted by Gasteiger charge is -2.36. The normalized spacial score (nSPS) is 28.2. The molecule has 2 aromatic rings. The topological polar surface area (TPSA) is 87.2 Å². The van der Waals surface area contributed by atoms with Gasteiger partial charge in [0.1, 0.15) is 11.3 Å². The molecule has 3 fully saturated rings. The molecule has 0 aromatic heterocycles. The Morgan fingerprint density at radius 1 is 0.971 bits per heavy atom. The van der Waals surface area contributed by atoms with Crippen LogP contribution in [0, 0.1) is 11.8 Å². The molecular weight excluding hydrogens is 470 g/mol. The highest BCUT2D eigenvalue weighted by molar-refractivity contribution is 6.32. The minimum absolute atomic E-state index is 0.317. The van der Waals surface area contributed by atoms with Gasteiger partial charge in [-0.2, -0.15) is 0 Å². The molecule has 0 aliphatic carbocycles. The fraction of sp³-hybridized carbons (Fsp3) is 0.385. The fourth-order valence-electron chi connectivity index (χ4n) is 5.84. The molecule has 182 valence electrons. The van der Waals surface area contributed by atoms with Crippen LogP contribution in [0.15, 0.2) is 48.5 Å². The van der Waals surface area contributed by atoms with Crippen LogP contribution in [0.25, 0.3) is 0 Å². The van der Waals surface area contributed by atoms with Gasteiger partial charge in [0, 0.05) is 10.6 Å². The molecule has 2 aromatic carbocycles. The number of nitrogens with zero attached hydrogens (tertiary/aromatic N) is 3. The van der Waals surface area contributed by atoms with E-state index in [0.717, 1.165) is 4.90 Å². The molecule has 8 nitrogen and oxygen atoms in total. The number of likely N-dealkylation sites (tertiary alicyclic amines) is 1. The van der Waals surface area contributed by atoms with Crippen LogP contribution in [0.2, 0.25) is 5.02 Å². The second-order valence-corrected chi connectivity index (χ2v) is 10.8. The van der Waals surface area contributed by atoms with E-state index in [-0.39, 0.29) is 5.91 Å². The first-order valence-electron chi connectivity index (χ1n) is 11.4. The second kappa shape index (κ2) is 7.55. The number of hydrogen-bond acceptors (Lipinski definition) is 5. The molecule has 3 heterocycles. The van der Waals surface area contributed by atoms with Gasteiger partial charge in [-0.25, -0.2) is 9.69 Å². The Hall–Kier alpha value is -3.39. The van der Waals surface area contributed by atoms with Crippen molar-refractivity contribution < 1.29 is 23.9 Å². The van der Waals surface area contributed by atoms with Gasteiger partial charge in [0.15, 0.2) is 0 Å². The molecule has 0 bridgehead atoms. The van der Waals surface area contributed by atoms with Gasteiger partial charge < -0.3 is 9.64 Å². The maximum Gasteiger partial charge on any atom is 0.332 e. The van der Waals surface area contributed by atoms with Gasteiger partial charge in [0.25, 0.3) is 5.91 Å². The number of benzene rings is 2. The van der Waals surface area contributed by atoms with Gasteiger partial charge in [-0.05, 0) is 63.6 Å². The summed E-state index contributed by atoms with van der Waals surface area (Å²) in [6.07, 6.45) is 0. The summed E-state index contributed by atoms with van der Waals surface area (Å²) in [5, 5.41) is 0.371. The summed E-state index contributed by atoms with van der Waals surface area (Å²) in [6, 6.07) is 12.1. The van der Waals surface area contributed by atoms with Gasteiger partial charge in [0.05, 0.1) is 30.7 Å². The van der Waals surface area contributed by atoms with E-state index < -0.39 is 46.8 Å². The minimum atomic E-state index is -1.54. The summed E-state index contributed by atoms with van der Waals surface area (Å²) in [7, 11) is 1.55. The third kappa shape index (κ3) is 3.05. The molecule has 5 amide bonds. The Bertz CT molecular complexity index is 1270. The summed E-state index contributed by atoms with van der Waals surface area (Å²) in [5.74, 6) is -2.64. The third-order valence-electron chi connectivity index (χ3n) is 7.30. The number of carbonyl (C=O) groups is 4. The Kier molecular flexibility index (Phi) is 5.04. The van der Waals surface area contributed by atoms with Crippen LogP contribution in [0.4, 0.5) is 10.5 Å². The van der Waals surface area contributed by atoms with Gasteiger partial charge >= 0.3 is 6.03 Å². The van der Waals surface area contributed by atoms with Gasteiger partial charge in [-0.3, -0.25) is 19.3 Å². The number of hydrogen-bond donors (Lipinski definition) is 0. The predicted octanol–water partition coefficient (Wildman–Crippen LogP) is 4.03. The molecular formula is C26H26ClN3O5. The molecule has 3 aliphatic rings. The standard InChI is InChI=1S/C26H26ClN3O5/c1-25(2,3)30-21(31)18-19(22(30)32)26(4)23(33)28(16-8-6-7-15(27)13-16)24(34)29(26)20(18)14-9-11-17(35-5)12-10-14/h6-13,18-20H,1-5H3/t18?,19?,20?,26-/m1/s1. The number of anilines is 1. The lowest BCUT2D eigenvalue weighted by molar-refractivity contribution is -0.148. The first kappa shape index (κ1) is 23.4. The number of fused-ring (bicyclic) bond motifs is 3. The van der Waals surface area contributed by atoms with Gasteiger partial charge in [0.2, 0.25) is 11.8 Å². The molecule has 9 heteroatoms. The van der Waals surface area contributed by atoms with Crippen LogP contribution in [0.5, 0.6) is 5.75 Å². The summed E-state index contributed by atoms with van der Waals surface area (Å²) >= 11 is 6.15. The number of carbonyl (C=O) groups excluding carboxylic acids is 4. The lowest BCUT2D eigenvalue weighted by atomic mass is 9.79. The van der Waals surface area contributed by atoms with E-state index in [1.165, 1.54) is 15.9 Å². The maximum atomic E-state index is 14.0. The molecule has 0 radical (unpaired) electrons. The Morgan fingerprint density at radius 3 is 2.20 bits per heavy atom. The van der Waals surface area contributed by atoms with Crippen molar-refractivity contribution in [3.63, 3.8) is 0 Å². The molecule has 3 aliphatic heterocycles. The van der Waals surface area contributed by atoms with Gasteiger partial charge in [-0.15, -0.1) is 0 Å². The first-order chi connectivity index (χ1) is 16.4. The zero-order chi connectivity index (χ0) is 25.4. The smallest absolute Gasteiger partial charge is 0.332 e. The molecule has 3 unspecified atom stereocenters. The molecule has 3 saturated heterocycles. The average Bonchev–Trinajstić information content (AvgIpc) is 3.30. The van der Waals surface area contributed by atoms with Crippen LogP contribution >= 0.6 is 11.6 Å². The SMILES string of the molecule is COc1ccc(C2C3C(=O)N(C(C)(C)C)C(=O)C3[C@]3(C)C(=O)N(c4cccc(Cl)c4)C(=O)N23)cc1. The number of urea groups is 1.